The van der Waals surface area contributed by atoms with E-state index in [0.29, 0.717) is 0 Å². The molecule has 0 radical (unpaired) electrons. The van der Waals surface area contributed by atoms with Gasteiger partial charge in [-0.05, 0) is 107 Å². The van der Waals surface area contributed by atoms with Gasteiger partial charge in [0.25, 0.3) is 0 Å². The molecule has 0 unspecified atom stereocenters. The summed E-state index contributed by atoms with van der Waals surface area (Å²) >= 11 is 0. The Bertz CT molecular complexity index is 308. The number of hydrogen-bond acceptors (Lipinski definition) is 2. The SMILES string of the molecule is NCCC1CCN(CC23CC4CC(CC(C4)C2)C3)CC1. The molecule has 4 bridgehead atoms. The zero-order chi connectivity index (χ0) is 13.6. The zero-order valence-corrected chi connectivity index (χ0v) is 13.0. The summed E-state index contributed by atoms with van der Waals surface area (Å²) in [5, 5.41) is 0. The van der Waals surface area contributed by atoms with Crippen molar-refractivity contribution in [3.05, 3.63) is 0 Å². The van der Waals surface area contributed by atoms with Crippen molar-refractivity contribution in [2.45, 2.75) is 57.8 Å². The van der Waals surface area contributed by atoms with Crippen LogP contribution in [0.25, 0.3) is 0 Å². The maximum Gasteiger partial charge on any atom is 0.00383 e. The maximum atomic E-state index is 5.72. The molecule has 20 heavy (non-hydrogen) atoms. The Morgan fingerprint density at radius 1 is 0.900 bits per heavy atom. The van der Waals surface area contributed by atoms with Crippen LogP contribution in [0.15, 0.2) is 0 Å². The van der Waals surface area contributed by atoms with Crippen LogP contribution in [0.4, 0.5) is 0 Å². The van der Waals surface area contributed by atoms with Crippen molar-refractivity contribution in [3.8, 4) is 0 Å². The van der Waals surface area contributed by atoms with E-state index in [1.54, 1.807) is 38.5 Å². The molecular weight excluding hydrogens is 244 g/mol. The van der Waals surface area contributed by atoms with Crippen molar-refractivity contribution in [2.75, 3.05) is 26.2 Å². The number of nitrogens with zero attached hydrogens (tertiary/aromatic N) is 1. The second-order valence-corrected chi connectivity index (χ2v) is 8.71. The minimum Gasteiger partial charge on any atom is -0.330 e. The lowest BCUT2D eigenvalue weighted by atomic mass is 9.49. The van der Waals surface area contributed by atoms with E-state index in [-0.39, 0.29) is 0 Å². The van der Waals surface area contributed by atoms with Crippen LogP contribution >= 0.6 is 0 Å². The molecule has 0 aromatic carbocycles. The summed E-state index contributed by atoms with van der Waals surface area (Å²) in [6.07, 6.45) is 13.5. The number of piperidine rings is 1. The molecule has 0 amide bonds. The maximum absolute atomic E-state index is 5.72. The third-order valence-corrected chi connectivity index (χ3v) is 7.01. The van der Waals surface area contributed by atoms with E-state index in [2.05, 4.69) is 4.90 Å². The Kier molecular flexibility index (Phi) is 3.58. The van der Waals surface area contributed by atoms with Crippen molar-refractivity contribution in [3.63, 3.8) is 0 Å². The van der Waals surface area contributed by atoms with Crippen LogP contribution in [0, 0.1) is 29.1 Å². The average Bonchev–Trinajstić information content (AvgIpc) is 2.39. The molecule has 5 fully saturated rings. The van der Waals surface area contributed by atoms with Crippen LogP contribution in [0.5, 0.6) is 0 Å². The molecule has 114 valence electrons. The number of hydrogen-bond donors (Lipinski definition) is 1. The van der Waals surface area contributed by atoms with E-state index in [1.807, 2.05) is 0 Å². The third-order valence-electron chi connectivity index (χ3n) is 7.01. The van der Waals surface area contributed by atoms with Crippen molar-refractivity contribution in [1.29, 1.82) is 0 Å². The highest BCUT2D eigenvalue weighted by molar-refractivity contribution is 5.02. The highest BCUT2D eigenvalue weighted by Crippen LogP contribution is 2.60. The van der Waals surface area contributed by atoms with E-state index < -0.39 is 0 Å². The molecule has 5 aliphatic rings. The van der Waals surface area contributed by atoms with Gasteiger partial charge in [0.15, 0.2) is 0 Å². The predicted molar refractivity (Wildman–Crippen MR) is 83.4 cm³/mol. The topological polar surface area (TPSA) is 29.3 Å². The van der Waals surface area contributed by atoms with E-state index >= 15 is 0 Å². The van der Waals surface area contributed by atoms with Crippen LogP contribution < -0.4 is 5.73 Å². The van der Waals surface area contributed by atoms with E-state index in [1.165, 1.54) is 38.9 Å². The molecule has 1 heterocycles. The summed E-state index contributed by atoms with van der Waals surface area (Å²) in [4.78, 5) is 2.82. The van der Waals surface area contributed by atoms with Gasteiger partial charge >= 0.3 is 0 Å². The van der Waals surface area contributed by atoms with Gasteiger partial charge in [-0.15, -0.1) is 0 Å². The predicted octanol–water partition coefficient (Wildman–Crippen LogP) is 3.26. The summed E-state index contributed by atoms with van der Waals surface area (Å²) < 4.78 is 0. The van der Waals surface area contributed by atoms with Crippen LogP contribution in [-0.4, -0.2) is 31.1 Å². The quantitative estimate of drug-likeness (QED) is 0.854. The molecule has 4 saturated carbocycles. The highest BCUT2D eigenvalue weighted by Gasteiger charge is 2.51. The second kappa shape index (κ2) is 5.28. The van der Waals surface area contributed by atoms with Crippen molar-refractivity contribution in [1.82, 2.24) is 4.90 Å². The first-order chi connectivity index (χ1) is 9.75. The van der Waals surface area contributed by atoms with E-state index in [4.69, 9.17) is 5.73 Å². The zero-order valence-electron chi connectivity index (χ0n) is 13.0. The minimum atomic E-state index is 0.745. The summed E-state index contributed by atoms with van der Waals surface area (Å²) in [5.41, 5.74) is 6.46. The molecule has 4 aliphatic carbocycles. The van der Waals surface area contributed by atoms with Gasteiger partial charge in [0.2, 0.25) is 0 Å². The fourth-order valence-electron chi connectivity index (χ4n) is 6.63. The van der Waals surface area contributed by atoms with Gasteiger partial charge in [-0.1, -0.05) is 0 Å². The standard InChI is InChI=1S/C18H32N2/c19-4-1-14-2-5-20(6-3-14)13-18-10-15-7-16(11-18)9-17(8-15)12-18/h14-17H,1-13,19H2. The summed E-state index contributed by atoms with van der Waals surface area (Å²) in [6, 6.07) is 0. The Hall–Kier alpha value is -0.0800. The van der Waals surface area contributed by atoms with Gasteiger partial charge < -0.3 is 10.6 Å². The van der Waals surface area contributed by atoms with Crippen molar-refractivity contribution < 1.29 is 0 Å². The second-order valence-electron chi connectivity index (χ2n) is 8.71. The van der Waals surface area contributed by atoms with Gasteiger partial charge in [0.05, 0.1) is 0 Å². The first-order valence-electron chi connectivity index (χ1n) is 9.17. The highest BCUT2D eigenvalue weighted by atomic mass is 15.1. The number of nitrogens with two attached hydrogens (primary N) is 1. The van der Waals surface area contributed by atoms with Crippen molar-refractivity contribution >= 4 is 0 Å². The normalized spacial score (nSPS) is 45.1. The smallest absolute Gasteiger partial charge is 0.00383 e. The first-order valence-corrected chi connectivity index (χ1v) is 9.17. The molecule has 5 rings (SSSR count). The molecule has 1 saturated heterocycles. The van der Waals surface area contributed by atoms with Gasteiger partial charge in [0, 0.05) is 6.54 Å². The minimum absolute atomic E-state index is 0.745. The molecule has 2 N–H and O–H groups in total. The first kappa shape index (κ1) is 13.6. The molecule has 1 aliphatic heterocycles. The molecule has 2 heteroatoms. The molecular formula is C18H32N2. The third kappa shape index (κ3) is 2.54. The fraction of sp³-hybridized carbons (Fsp3) is 1.00. The van der Waals surface area contributed by atoms with Crippen LogP contribution in [0.2, 0.25) is 0 Å². The van der Waals surface area contributed by atoms with E-state index in [9.17, 15) is 0 Å². The van der Waals surface area contributed by atoms with Crippen LogP contribution in [0.1, 0.15) is 57.8 Å². The largest absolute Gasteiger partial charge is 0.330 e. The molecule has 0 aromatic rings. The van der Waals surface area contributed by atoms with Gasteiger partial charge in [-0.2, -0.15) is 0 Å². The monoisotopic (exact) mass is 276 g/mol. The molecule has 0 atom stereocenters. The van der Waals surface area contributed by atoms with Gasteiger partial charge in [-0.25, -0.2) is 0 Å². The summed E-state index contributed by atoms with van der Waals surface area (Å²) in [5.74, 6) is 4.25. The molecule has 0 aromatic heterocycles. The Labute approximate surface area is 124 Å². The lowest BCUT2D eigenvalue weighted by molar-refractivity contribution is -0.0724. The van der Waals surface area contributed by atoms with Gasteiger partial charge in [0.1, 0.15) is 0 Å². The van der Waals surface area contributed by atoms with Crippen molar-refractivity contribution in [2.24, 2.45) is 34.8 Å². The van der Waals surface area contributed by atoms with E-state index in [0.717, 1.165) is 35.6 Å². The molecule has 0 spiro atoms. The fourth-order valence-corrected chi connectivity index (χ4v) is 6.63. The molecule has 2 nitrogen and oxygen atoms in total. The Balaban J connectivity index is 1.35. The van der Waals surface area contributed by atoms with Crippen LogP contribution in [0.3, 0.4) is 0 Å². The lowest BCUT2D eigenvalue weighted by Crippen LogP contribution is -2.52. The van der Waals surface area contributed by atoms with Crippen LogP contribution in [-0.2, 0) is 0 Å². The summed E-state index contributed by atoms with van der Waals surface area (Å²) in [7, 11) is 0. The van der Waals surface area contributed by atoms with Gasteiger partial charge in [-0.3, -0.25) is 0 Å². The number of rotatable bonds is 4. The Morgan fingerprint density at radius 3 is 1.95 bits per heavy atom. The summed E-state index contributed by atoms with van der Waals surface area (Å²) in [6.45, 7) is 5.03. The lowest BCUT2D eigenvalue weighted by Gasteiger charge is -2.58. The Morgan fingerprint density at radius 2 is 1.45 bits per heavy atom. The average molecular weight is 276 g/mol. The number of likely N-dealkylation sites (tertiary alicyclic amines) is 1.